The van der Waals surface area contributed by atoms with Crippen LogP contribution in [0, 0.1) is 0 Å². The van der Waals surface area contributed by atoms with Gasteiger partial charge in [0.2, 0.25) is 0 Å². The van der Waals surface area contributed by atoms with Crippen LogP contribution < -0.4 is 42.6 Å². The van der Waals surface area contributed by atoms with Gasteiger partial charge in [0, 0.05) is 6.07 Å². The molecule has 8 rings (SSSR count). The first-order valence-electron chi connectivity index (χ1n) is 17.7. The summed E-state index contributed by atoms with van der Waals surface area (Å²) in [5.41, 5.74) is 3.17. The molecule has 3 heteroatoms. The van der Waals surface area contributed by atoms with E-state index in [1.807, 2.05) is 0 Å². The molecule has 0 fully saturated rings. The van der Waals surface area contributed by atoms with Crippen LogP contribution in [-0.2, 0) is 0 Å². The molecule has 8 aromatic rings. The van der Waals surface area contributed by atoms with Crippen molar-refractivity contribution in [2.75, 3.05) is 0 Å². The molecular formula is C49H39NP2+2. The van der Waals surface area contributed by atoms with Gasteiger partial charge in [-0.25, -0.2) is 4.98 Å². The minimum Gasteiger partial charge on any atom is -0.213 e. The van der Waals surface area contributed by atoms with Gasteiger partial charge in [0.05, 0.1) is 5.69 Å². The average Bonchev–Trinajstić information content (AvgIpc) is 3.23. The molecule has 0 saturated heterocycles. The zero-order valence-electron chi connectivity index (χ0n) is 28.9. The highest BCUT2D eigenvalue weighted by atomic mass is 31.2. The van der Waals surface area contributed by atoms with E-state index >= 15 is 0 Å². The quantitative estimate of drug-likeness (QED) is 0.130. The third-order valence-corrected chi connectivity index (χ3v) is 18.1. The van der Waals surface area contributed by atoms with Gasteiger partial charge >= 0.3 is 0 Å². The lowest BCUT2D eigenvalue weighted by Crippen LogP contribution is -2.40. The highest BCUT2D eigenvalue weighted by Gasteiger charge is 2.50. The number of pyridine rings is 1. The zero-order chi connectivity index (χ0) is 35.1. The van der Waals surface area contributed by atoms with E-state index in [0.29, 0.717) is 0 Å². The van der Waals surface area contributed by atoms with Crippen molar-refractivity contribution < 1.29 is 0 Å². The smallest absolute Gasteiger partial charge is 0.198 e. The molecule has 0 aliphatic heterocycles. The van der Waals surface area contributed by atoms with Gasteiger partial charge in [0.25, 0.3) is 0 Å². The van der Waals surface area contributed by atoms with E-state index in [4.69, 9.17) is 4.98 Å². The van der Waals surface area contributed by atoms with Crippen LogP contribution in [0.4, 0.5) is 0 Å². The Balaban J connectivity index is 1.26. The molecule has 0 aliphatic carbocycles. The summed E-state index contributed by atoms with van der Waals surface area (Å²) in [5, 5.41) is 9.20. The van der Waals surface area contributed by atoms with Crippen LogP contribution in [0.25, 0.3) is 12.2 Å². The van der Waals surface area contributed by atoms with Crippen molar-refractivity contribution in [2.45, 2.75) is 0 Å². The van der Waals surface area contributed by atoms with E-state index in [-0.39, 0.29) is 0 Å². The standard InChI is InChI=1S/C49H39NP2/c1-7-23-42(24-8-1)51(43-25-9-2-10-26-43,44-27-11-3-12-28-44)48-35-19-21-40(39-48)37-38-41-22-20-36-49(50-41)52(45-29-13-4-14-30-45,46-31-15-5-16-32-46)47-33-17-6-18-34-47/h1-39H/q+2/b38-37-. The molecule has 0 atom stereocenters. The number of aromatic nitrogens is 1. The Morgan fingerprint density at radius 2 is 0.635 bits per heavy atom. The van der Waals surface area contributed by atoms with Gasteiger partial charge < -0.3 is 0 Å². The molecule has 0 amide bonds. The Labute approximate surface area is 308 Å². The summed E-state index contributed by atoms with van der Waals surface area (Å²) in [7, 11) is -4.51. The minimum atomic E-state index is -2.30. The highest BCUT2D eigenvalue weighted by molar-refractivity contribution is 8.02. The second kappa shape index (κ2) is 15.3. The molecule has 248 valence electrons. The summed E-state index contributed by atoms with van der Waals surface area (Å²) in [5.74, 6) is 0. The maximum Gasteiger partial charge on any atom is 0.198 e. The van der Waals surface area contributed by atoms with Crippen molar-refractivity contribution in [2.24, 2.45) is 0 Å². The fourth-order valence-corrected chi connectivity index (χ4v) is 15.8. The Morgan fingerprint density at radius 1 is 0.288 bits per heavy atom. The Morgan fingerprint density at radius 3 is 1.04 bits per heavy atom. The summed E-state index contributed by atoms with van der Waals surface area (Å²) in [4.78, 5) is 5.47. The summed E-state index contributed by atoms with van der Waals surface area (Å²) < 4.78 is 0. The lowest BCUT2D eigenvalue weighted by Gasteiger charge is -2.27. The van der Waals surface area contributed by atoms with Crippen LogP contribution in [0.1, 0.15) is 11.3 Å². The second-order valence-corrected chi connectivity index (χ2v) is 19.5. The predicted molar refractivity (Wildman–Crippen MR) is 229 cm³/mol. The summed E-state index contributed by atoms with van der Waals surface area (Å²) >= 11 is 0. The van der Waals surface area contributed by atoms with Crippen molar-refractivity contribution in [1.82, 2.24) is 4.98 Å². The molecule has 1 nitrogen and oxygen atoms in total. The van der Waals surface area contributed by atoms with Crippen molar-refractivity contribution in [3.63, 3.8) is 0 Å². The van der Waals surface area contributed by atoms with E-state index in [1.165, 1.54) is 37.1 Å². The van der Waals surface area contributed by atoms with Crippen molar-refractivity contribution >= 4 is 69.2 Å². The van der Waals surface area contributed by atoms with Crippen molar-refractivity contribution in [3.05, 3.63) is 236 Å². The van der Waals surface area contributed by atoms with Crippen molar-refractivity contribution in [1.29, 1.82) is 0 Å². The predicted octanol–water partition coefficient (Wildman–Crippen LogP) is 8.49. The summed E-state index contributed by atoms with van der Waals surface area (Å²) in [6.07, 6.45) is 4.39. The van der Waals surface area contributed by atoms with Crippen LogP contribution in [0.2, 0.25) is 0 Å². The van der Waals surface area contributed by atoms with E-state index in [1.54, 1.807) is 0 Å². The second-order valence-electron chi connectivity index (χ2n) is 12.7. The first-order chi connectivity index (χ1) is 25.8. The molecule has 0 saturated carbocycles. The minimum absolute atomic E-state index is 0.935. The van der Waals surface area contributed by atoms with Gasteiger partial charge in [-0.3, -0.25) is 0 Å². The first-order valence-corrected chi connectivity index (χ1v) is 21.3. The van der Waals surface area contributed by atoms with Gasteiger partial charge in [0.1, 0.15) is 44.4 Å². The maximum atomic E-state index is 5.47. The number of rotatable bonds is 10. The van der Waals surface area contributed by atoms with Gasteiger partial charge in [0.15, 0.2) is 12.7 Å². The third-order valence-electron chi connectivity index (χ3n) is 9.66. The van der Waals surface area contributed by atoms with E-state index in [9.17, 15) is 0 Å². The van der Waals surface area contributed by atoms with Crippen LogP contribution in [0.5, 0.6) is 0 Å². The Hall–Kier alpha value is -5.71. The average molecular weight is 704 g/mol. The number of hydrogen-bond donors (Lipinski definition) is 0. The molecular weight excluding hydrogens is 664 g/mol. The topological polar surface area (TPSA) is 12.9 Å². The lowest BCUT2D eigenvalue weighted by atomic mass is 10.2. The molecule has 0 unspecified atom stereocenters. The van der Waals surface area contributed by atoms with Gasteiger partial charge in [-0.1, -0.05) is 133 Å². The molecule has 7 aromatic carbocycles. The number of nitrogens with zero attached hydrogens (tertiary/aromatic N) is 1. The monoisotopic (exact) mass is 703 g/mol. The summed E-state index contributed by atoms with van der Waals surface area (Å²) in [6, 6.07) is 81.5. The van der Waals surface area contributed by atoms with Gasteiger partial charge in [-0.2, -0.15) is 0 Å². The SMILES string of the molecule is C(=C/c1cccc([P+](c2ccccc2)(c2ccccc2)c2ccccc2)n1)/c1cccc([P+](c2ccccc2)(c2ccccc2)c2ccccc2)c1. The fraction of sp³-hybridized carbons (Fsp3) is 0. The van der Waals surface area contributed by atoms with Crippen molar-refractivity contribution in [3.8, 4) is 0 Å². The maximum absolute atomic E-state index is 5.47. The number of hydrogen-bond acceptors (Lipinski definition) is 1. The zero-order valence-corrected chi connectivity index (χ0v) is 30.6. The molecule has 1 heterocycles. The Bertz CT molecular complexity index is 2010. The normalized spacial score (nSPS) is 11.8. The van der Waals surface area contributed by atoms with E-state index < -0.39 is 14.5 Å². The molecule has 52 heavy (non-hydrogen) atoms. The van der Waals surface area contributed by atoms with Crippen LogP contribution in [0.15, 0.2) is 224 Å². The summed E-state index contributed by atoms with van der Waals surface area (Å²) in [6.45, 7) is 0. The van der Waals surface area contributed by atoms with E-state index in [2.05, 4.69) is 237 Å². The first kappa shape index (κ1) is 33.4. The molecule has 1 aromatic heterocycles. The highest BCUT2D eigenvalue weighted by Crippen LogP contribution is 2.55. The number of benzene rings is 7. The molecule has 0 bridgehead atoms. The molecule has 0 aliphatic rings. The molecule has 0 spiro atoms. The molecule has 0 N–H and O–H groups in total. The fourth-order valence-electron chi connectivity index (χ4n) is 7.39. The van der Waals surface area contributed by atoms with Crippen LogP contribution in [0.3, 0.4) is 0 Å². The van der Waals surface area contributed by atoms with Crippen LogP contribution >= 0.6 is 14.5 Å². The van der Waals surface area contributed by atoms with Gasteiger partial charge in [-0.05, 0) is 103 Å². The van der Waals surface area contributed by atoms with E-state index in [0.717, 1.165) is 16.7 Å². The van der Waals surface area contributed by atoms with Gasteiger partial charge in [-0.15, -0.1) is 0 Å². The lowest BCUT2D eigenvalue weighted by molar-refractivity contribution is 1.35. The third kappa shape index (κ3) is 6.24. The Kier molecular flexibility index (Phi) is 9.81. The van der Waals surface area contributed by atoms with Crippen LogP contribution in [-0.4, -0.2) is 4.98 Å². The molecule has 0 radical (unpaired) electrons. The largest absolute Gasteiger partial charge is 0.213 e.